The van der Waals surface area contributed by atoms with Crippen LogP contribution in [-0.4, -0.2) is 42.4 Å². The Balaban J connectivity index is 1.38. The van der Waals surface area contributed by atoms with Crippen LogP contribution in [0.3, 0.4) is 0 Å². The molecule has 0 radical (unpaired) electrons. The molecule has 2 heterocycles. The van der Waals surface area contributed by atoms with Crippen LogP contribution in [0.2, 0.25) is 0 Å². The van der Waals surface area contributed by atoms with Crippen molar-refractivity contribution >= 4 is 29.0 Å². The maximum Gasteiger partial charge on any atom is 0.320 e. The minimum atomic E-state index is -1.02. The normalized spacial score (nSPS) is 13.9. The number of anilines is 4. The number of carbonyl (C=O) groups is 1. The van der Waals surface area contributed by atoms with E-state index >= 15 is 0 Å². The maximum absolute atomic E-state index is 13.2. The third kappa shape index (κ3) is 4.49. The first-order valence-corrected chi connectivity index (χ1v) is 8.88. The lowest BCUT2D eigenvalue weighted by Gasteiger charge is -2.28. The highest BCUT2D eigenvalue weighted by Gasteiger charge is 2.16. The Kier molecular flexibility index (Phi) is 5.34. The molecule has 8 nitrogen and oxygen atoms in total. The van der Waals surface area contributed by atoms with Crippen molar-refractivity contribution in [2.24, 2.45) is 0 Å². The summed E-state index contributed by atoms with van der Waals surface area (Å²) in [5.41, 5.74) is 1.82. The number of nitrogens with one attached hydrogen (secondary N) is 2. The van der Waals surface area contributed by atoms with Gasteiger partial charge in [-0.25, -0.2) is 8.78 Å². The fraction of sp³-hybridized carbons (Fsp3) is 0.211. The van der Waals surface area contributed by atoms with Gasteiger partial charge in [0.15, 0.2) is 11.6 Å². The van der Waals surface area contributed by atoms with Gasteiger partial charge < -0.3 is 24.7 Å². The second-order valence-corrected chi connectivity index (χ2v) is 6.27. The average Bonchev–Trinajstić information content (AvgIpc) is 3.21. The van der Waals surface area contributed by atoms with E-state index in [0.29, 0.717) is 18.9 Å². The Morgan fingerprint density at radius 3 is 2.41 bits per heavy atom. The van der Waals surface area contributed by atoms with Crippen LogP contribution >= 0.6 is 0 Å². The van der Waals surface area contributed by atoms with E-state index in [1.165, 1.54) is 6.07 Å². The van der Waals surface area contributed by atoms with Crippen LogP contribution in [0.25, 0.3) is 0 Å². The van der Waals surface area contributed by atoms with E-state index < -0.39 is 17.5 Å². The third-order valence-electron chi connectivity index (χ3n) is 4.29. The highest BCUT2D eigenvalue weighted by Crippen LogP contribution is 2.21. The molecule has 3 aromatic rings. The summed E-state index contributed by atoms with van der Waals surface area (Å²) < 4.78 is 36.8. The zero-order chi connectivity index (χ0) is 20.2. The Labute approximate surface area is 164 Å². The minimum absolute atomic E-state index is 0.121. The first-order chi connectivity index (χ1) is 14.1. The second kappa shape index (κ2) is 8.23. The molecule has 2 aromatic carbocycles. The van der Waals surface area contributed by atoms with Gasteiger partial charge in [0.2, 0.25) is 0 Å². The molecular weight excluding hydrogens is 384 g/mol. The summed E-state index contributed by atoms with van der Waals surface area (Å²) in [4.78, 5) is 14.5. The lowest BCUT2D eigenvalue weighted by Crippen LogP contribution is -2.36. The van der Waals surface area contributed by atoms with E-state index in [2.05, 4.69) is 25.7 Å². The van der Waals surface area contributed by atoms with E-state index in [1.54, 1.807) is 12.1 Å². The summed E-state index contributed by atoms with van der Waals surface area (Å²) in [5, 5.41) is 12.6. The molecule has 1 saturated heterocycles. The average molecular weight is 401 g/mol. The molecule has 10 heteroatoms. The Morgan fingerprint density at radius 1 is 0.966 bits per heavy atom. The SMILES string of the molecule is O=C(Nc1ccc(N2CCOCC2)cc1)c1nnc(Nc2ccc(F)c(F)c2)o1. The number of nitrogens with zero attached hydrogens (tertiary/aromatic N) is 3. The van der Waals surface area contributed by atoms with Crippen molar-refractivity contribution < 1.29 is 22.7 Å². The number of amides is 1. The first kappa shape index (κ1) is 18.8. The van der Waals surface area contributed by atoms with E-state index in [9.17, 15) is 13.6 Å². The van der Waals surface area contributed by atoms with Crippen molar-refractivity contribution in [3.63, 3.8) is 0 Å². The van der Waals surface area contributed by atoms with Gasteiger partial charge in [0.1, 0.15) is 0 Å². The minimum Gasteiger partial charge on any atom is -0.399 e. The quantitative estimate of drug-likeness (QED) is 0.678. The zero-order valence-corrected chi connectivity index (χ0v) is 15.2. The van der Waals surface area contributed by atoms with Crippen molar-refractivity contribution in [3.05, 3.63) is 60.0 Å². The van der Waals surface area contributed by atoms with Crippen LogP contribution < -0.4 is 15.5 Å². The molecule has 1 fully saturated rings. The molecule has 1 aliphatic rings. The smallest absolute Gasteiger partial charge is 0.320 e. The highest BCUT2D eigenvalue weighted by atomic mass is 19.2. The molecule has 0 saturated carbocycles. The standard InChI is InChI=1S/C19H17F2N5O3/c20-15-6-3-13(11-16(15)21)23-19-25-24-18(29-19)17(27)22-12-1-4-14(5-2-12)26-7-9-28-10-8-26/h1-6,11H,7-10H2,(H,22,27)(H,23,25). The molecule has 4 rings (SSSR count). The van der Waals surface area contributed by atoms with Gasteiger partial charge in [-0.05, 0) is 36.4 Å². The molecular formula is C19H17F2N5O3. The molecule has 0 atom stereocenters. The molecule has 1 aromatic heterocycles. The Hall–Kier alpha value is -3.53. The van der Waals surface area contributed by atoms with Crippen LogP contribution in [0.4, 0.5) is 31.9 Å². The van der Waals surface area contributed by atoms with Crippen molar-refractivity contribution in [2.75, 3.05) is 41.8 Å². The maximum atomic E-state index is 13.2. The van der Waals surface area contributed by atoms with Gasteiger partial charge in [0.05, 0.1) is 13.2 Å². The van der Waals surface area contributed by atoms with Gasteiger partial charge in [-0.1, -0.05) is 5.10 Å². The third-order valence-corrected chi connectivity index (χ3v) is 4.29. The summed E-state index contributed by atoms with van der Waals surface area (Å²) in [6, 6.07) is 10.5. The van der Waals surface area contributed by atoms with Crippen LogP contribution in [0.1, 0.15) is 10.7 Å². The predicted molar refractivity (Wildman–Crippen MR) is 101 cm³/mol. The number of halogens is 2. The fourth-order valence-electron chi connectivity index (χ4n) is 2.82. The van der Waals surface area contributed by atoms with Gasteiger partial charge in [-0.3, -0.25) is 4.79 Å². The fourth-order valence-corrected chi connectivity index (χ4v) is 2.82. The molecule has 2 N–H and O–H groups in total. The number of carbonyl (C=O) groups excluding carboxylic acids is 1. The van der Waals surface area contributed by atoms with Gasteiger partial charge in [-0.15, -0.1) is 5.10 Å². The summed E-state index contributed by atoms with van der Waals surface area (Å²) in [6.45, 7) is 3.02. The summed E-state index contributed by atoms with van der Waals surface area (Å²) >= 11 is 0. The summed E-state index contributed by atoms with van der Waals surface area (Å²) in [5.74, 6) is -2.85. The van der Waals surface area contributed by atoms with Crippen LogP contribution in [0.15, 0.2) is 46.9 Å². The number of ether oxygens (including phenoxy) is 1. The molecule has 0 spiro atoms. The highest BCUT2D eigenvalue weighted by molar-refractivity contribution is 6.01. The van der Waals surface area contributed by atoms with Crippen LogP contribution in [0.5, 0.6) is 0 Å². The van der Waals surface area contributed by atoms with Crippen molar-refractivity contribution in [1.29, 1.82) is 0 Å². The topological polar surface area (TPSA) is 92.5 Å². The number of hydrogen-bond acceptors (Lipinski definition) is 7. The van der Waals surface area contributed by atoms with E-state index in [-0.39, 0.29) is 17.6 Å². The molecule has 1 aliphatic heterocycles. The Bertz CT molecular complexity index is 1000. The van der Waals surface area contributed by atoms with Gasteiger partial charge in [-0.2, -0.15) is 0 Å². The largest absolute Gasteiger partial charge is 0.399 e. The van der Waals surface area contributed by atoms with Crippen molar-refractivity contribution in [2.45, 2.75) is 0 Å². The van der Waals surface area contributed by atoms with Gasteiger partial charge in [0, 0.05) is 36.2 Å². The molecule has 0 bridgehead atoms. The second-order valence-electron chi connectivity index (χ2n) is 6.27. The van der Waals surface area contributed by atoms with Gasteiger partial charge in [0.25, 0.3) is 0 Å². The number of hydrogen-bond donors (Lipinski definition) is 2. The number of rotatable bonds is 5. The Morgan fingerprint density at radius 2 is 1.69 bits per heavy atom. The van der Waals surface area contributed by atoms with Crippen molar-refractivity contribution in [3.8, 4) is 0 Å². The molecule has 0 aliphatic carbocycles. The summed E-state index contributed by atoms with van der Waals surface area (Å²) in [6.07, 6.45) is 0. The molecule has 1 amide bonds. The number of benzene rings is 2. The molecule has 29 heavy (non-hydrogen) atoms. The zero-order valence-electron chi connectivity index (χ0n) is 15.2. The van der Waals surface area contributed by atoms with Gasteiger partial charge >= 0.3 is 17.8 Å². The monoisotopic (exact) mass is 401 g/mol. The van der Waals surface area contributed by atoms with Crippen LogP contribution in [0, 0.1) is 11.6 Å². The lowest BCUT2D eigenvalue weighted by molar-refractivity contribution is 0.0991. The number of morpholine rings is 1. The van der Waals surface area contributed by atoms with Crippen molar-refractivity contribution in [1.82, 2.24) is 10.2 Å². The van der Waals surface area contributed by atoms with E-state index in [1.807, 2.05) is 12.1 Å². The van der Waals surface area contributed by atoms with E-state index in [4.69, 9.17) is 9.15 Å². The first-order valence-electron chi connectivity index (χ1n) is 8.88. The molecule has 0 unspecified atom stereocenters. The summed E-state index contributed by atoms with van der Waals surface area (Å²) in [7, 11) is 0. The van der Waals surface area contributed by atoms with E-state index in [0.717, 1.165) is 30.9 Å². The lowest BCUT2D eigenvalue weighted by atomic mass is 10.2. The van der Waals surface area contributed by atoms with Crippen LogP contribution in [-0.2, 0) is 4.74 Å². The number of aromatic nitrogens is 2. The molecule has 150 valence electrons. The predicted octanol–water partition coefficient (Wildman–Crippen LogP) is 3.18.